The zero-order valence-electron chi connectivity index (χ0n) is 11.1. The molecule has 1 aromatic rings. The summed E-state index contributed by atoms with van der Waals surface area (Å²) >= 11 is 0. The molecule has 1 aliphatic rings. The molecule has 17 heavy (non-hydrogen) atoms. The maximum Gasteiger partial charge on any atom is 0.0371 e. The maximum absolute atomic E-state index is 3.58. The van der Waals surface area contributed by atoms with Gasteiger partial charge < -0.3 is 15.1 Å². The fraction of sp³-hybridized carbons (Fsp3) is 0.571. The van der Waals surface area contributed by atoms with Crippen LogP contribution in [0.15, 0.2) is 24.3 Å². The fourth-order valence-electron chi connectivity index (χ4n) is 2.42. The minimum absolute atomic E-state index is 0.569. The number of benzene rings is 1. The lowest BCUT2D eigenvalue weighted by Crippen LogP contribution is -2.53. The molecule has 0 amide bonds. The quantitative estimate of drug-likeness (QED) is 0.850. The lowest BCUT2D eigenvalue weighted by atomic mass is 10.1. The van der Waals surface area contributed by atoms with Crippen LogP contribution in [0.25, 0.3) is 0 Å². The normalized spacial score (nSPS) is 21.5. The lowest BCUT2D eigenvalue weighted by Gasteiger charge is -2.34. The first-order valence-corrected chi connectivity index (χ1v) is 6.35. The van der Waals surface area contributed by atoms with Crippen LogP contribution in [0, 0.1) is 6.92 Å². The van der Waals surface area contributed by atoms with Crippen molar-refractivity contribution < 1.29 is 0 Å². The second-order valence-corrected chi connectivity index (χ2v) is 5.13. The Bertz CT molecular complexity index is 364. The van der Waals surface area contributed by atoms with Crippen molar-refractivity contribution >= 4 is 5.69 Å². The monoisotopic (exact) mass is 233 g/mol. The molecule has 1 saturated heterocycles. The summed E-state index contributed by atoms with van der Waals surface area (Å²) in [5.41, 5.74) is 2.63. The average Bonchev–Trinajstić information content (AvgIpc) is 2.29. The van der Waals surface area contributed by atoms with Crippen LogP contribution >= 0.6 is 0 Å². The fourth-order valence-corrected chi connectivity index (χ4v) is 2.42. The van der Waals surface area contributed by atoms with E-state index in [1.807, 2.05) is 0 Å². The first-order valence-electron chi connectivity index (χ1n) is 6.35. The van der Waals surface area contributed by atoms with Crippen molar-refractivity contribution in [2.75, 3.05) is 45.2 Å². The molecule has 1 heterocycles. The highest BCUT2D eigenvalue weighted by Crippen LogP contribution is 2.14. The van der Waals surface area contributed by atoms with Gasteiger partial charge in [-0.25, -0.2) is 0 Å². The highest BCUT2D eigenvalue weighted by molar-refractivity contribution is 5.47. The molecule has 3 nitrogen and oxygen atoms in total. The van der Waals surface area contributed by atoms with Gasteiger partial charge in [-0.2, -0.15) is 0 Å². The molecule has 3 heteroatoms. The zero-order chi connectivity index (χ0) is 12.3. The van der Waals surface area contributed by atoms with Gasteiger partial charge in [0, 0.05) is 45.0 Å². The number of rotatable bonds is 3. The standard InChI is InChI=1S/C14H23N3/c1-12-5-4-6-14(9-12)17(3)11-13-10-16(2)8-7-15-13/h4-6,9,13,15H,7-8,10-11H2,1-3H3. The molecule has 0 bridgehead atoms. The van der Waals surface area contributed by atoms with Crippen molar-refractivity contribution in [3.63, 3.8) is 0 Å². The Morgan fingerprint density at radius 1 is 1.47 bits per heavy atom. The van der Waals surface area contributed by atoms with Crippen LogP contribution in [0.5, 0.6) is 0 Å². The molecule has 1 N–H and O–H groups in total. The van der Waals surface area contributed by atoms with E-state index in [9.17, 15) is 0 Å². The van der Waals surface area contributed by atoms with Gasteiger partial charge in [0.1, 0.15) is 0 Å². The van der Waals surface area contributed by atoms with Gasteiger partial charge in [-0.1, -0.05) is 12.1 Å². The van der Waals surface area contributed by atoms with Crippen LogP contribution in [0.4, 0.5) is 5.69 Å². The first kappa shape index (κ1) is 12.4. The number of nitrogens with one attached hydrogen (secondary N) is 1. The number of nitrogens with zero attached hydrogens (tertiary/aromatic N) is 2. The van der Waals surface area contributed by atoms with Crippen molar-refractivity contribution in [2.45, 2.75) is 13.0 Å². The summed E-state index contributed by atoms with van der Waals surface area (Å²) in [6, 6.07) is 9.26. The van der Waals surface area contributed by atoms with Gasteiger partial charge in [0.25, 0.3) is 0 Å². The van der Waals surface area contributed by atoms with Crippen molar-refractivity contribution in [1.29, 1.82) is 0 Å². The largest absolute Gasteiger partial charge is 0.373 e. The van der Waals surface area contributed by atoms with E-state index in [-0.39, 0.29) is 0 Å². The first-order chi connectivity index (χ1) is 8.15. The maximum atomic E-state index is 3.58. The van der Waals surface area contributed by atoms with Gasteiger partial charge in [-0.05, 0) is 31.7 Å². The Balaban J connectivity index is 1.94. The van der Waals surface area contributed by atoms with E-state index in [0.717, 1.165) is 26.2 Å². The third-order valence-electron chi connectivity index (χ3n) is 3.40. The van der Waals surface area contributed by atoms with E-state index in [1.165, 1.54) is 11.3 Å². The van der Waals surface area contributed by atoms with Gasteiger partial charge in [0.05, 0.1) is 0 Å². The molecule has 0 radical (unpaired) electrons. The molecule has 1 aromatic carbocycles. The van der Waals surface area contributed by atoms with Crippen LogP contribution in [-0.2, 0) is 0 Å². The molecule has 1 fully saturated rings. The van der Waals surface area contributed by atoms with Crippen molar-refractivity contribution in [2.24, 2.45) is 0 Å². The van der Waals surface area contributed by atoms with Crippen LogP contribution < -0.4 is 10.2 Å². The van der Waals surface area contributed by atoms with Crippen LogP contribution in [0.3, 0.4) is 0 Å². The van der Waals surface area contributed by atoms with E-state index >= 15 is 0 Å². The second-order valence-electron chi connectivity index (χ2n) is 5.13. The van der Waals surface area contributed by atoms with Gasteiger partial charge in [0.2, 0.25) is 0 Å². The minimum Gasteiger partial charge on any atom is -0.373 e. The Kier molecular flexibility index (Phi) is 4.02. The summed E-state index contributed by atoms with van der Waals surface area (Å²) in [5, 5.41) is 3.58. The third kappa shape index (κ3) is 3.45. The molecule has 0 saturated carbocycles. The highest BCUT2D eigenvalue weighted by Gasteiger charge is 2.17. The summed E-state index contributed by atoms with van der Waals surface area (Å²) in [6.07, 6.45) is 0. The summed E-state index contributed by atoms with van der Waals surface area (Å²) in [5.74, 6) is 0. The van der Waals surface area contributed by atoms with E-state index in [4.69, 9.17) is 0 Å². The van der Waals surface area contributed by atoms with Crippen molar-refractivity contribution in [3.8, 4) is 0 Å². The third-order valence-corrected chi connectivity index (χ3v) is 3.40. The molecular formula is C14H23N3. The summed E-state index contributed by atoms with van der Waals surface area (Å²) in [6.45, 7) is 6.60. The number of anilines is 1. The van der Waals surface area contributed by atoms with Crippen molar-refractivity contribution in [3.05, 3.63) is 29.8 Å². The van der Waals surface area contributed by atoms with E-state index in [0.29, 0.717) is 6.04 Å². The topological polar surface area (TPSA) is 18.5 Å². The summed E-state index contributed by atoms with van der Waals surface area (Å²) < 4.78 is 0. The van der Waals surface area contributed by atoms with E-state index < -0.39 is 0 Å². The minimum atomic E-state index is 0.569. The Morgan fingerprint density at radius 3 is 3.00 bits per heavy atom. The zero-order valence-corrected chi connectivity index (χ0v) is 11.1. The number of hydrogen-bond donors (Lipinski definition) is 1. The van der Waals surface area contributed by atoms with Gasteiger partial charge >= 0.3 is 0 Å². The van der Waals surface area contributed by atoms with Crippen LogP contribution in [0.2, 0.25) is 0 Å². The van der Waals surface area contributed by atoms with E-state index in [2.05, 4.69) is 60.4 Å². The number of aryl methyl sites for hydroxylation is 1. The predicted molar refractivity (Wildman–Crippen MR) is 73.7 cm³/mol. The van der Waals surface area contributed by atoms with E-state index in [1.54, 1.807) is 0 Å². The van der Waals surface area contributed by atoms with Crippen LogP contribution in [0.1, 0.15) is 5.56 Å². The smallest absolute Gasteiger partial charge is 0.0371 e. The lowest BCUT2D eigenvalue weighted by molar-refractivity contribution is 0.241. The molecular weight excluding hydrogens is 210 g/mol. The molecule has 1 aliphatic heterocycles. The van der Waals surface area contributed by atoms with Gasteiger partial charge in [-0.15, -0.1) is 0 Å². The molecule has 2 rings (SSSR count). The molecule has 0 spiro atoms. The van der Waals surface area contributed by atoms with Gasteiger partial charge in [-0.3, -0.25) is 0 Å². The SMILES string of the molecule is Cc1cccc(N(C)CC2CN(C)CCN2)c1. The second kappa shape index (κ2) is 5.52. The number of likely N-dealkylation sites (N-methyl/N-ethyl adjacent to an activating group) is 2. The Morgan fingerprint density at radius 2 is 2.29 bits per heavy atom. The summed E-state index contributed by atoms with van der Waals surface area (Å²) in [7, 11) is 4.37. The number of piperazine rings is 1. The summed E-state index contributed by atoms with van der Waals surface area (Å²) in [4.78, 5) is 4.73. The number of hydrogen-bond acceptors (Lipinski definition) is 3. The molecule has 0 aliphatic carbocycles. The highest BCUT2D eigenvalue weighted by atomic mass is 15.2. The van der Waals surface area contributed by atoms with Crippen molar-refractivity contribution in [1.82, 2.24) is 10.2 Å². The molecule has 94 valence electrons. The predicted octanol–water partition coefficient (Wildman–Crippen LogP) is 1.33. The van der Waals surface area contributed by atoms with Gasteiger partial charge in [0.15, 0.2) is 0 Å². The molecule has 1 unspecified atom stereocenters. The molecule has 0 aromatic heterocycles. The average molecular weight is 233 g/mol. The Labute approximate surface area is 104 Å². The van der Waals surface area contributed by atoms with Crippen LogP contribution in [-0.4, -0.2) is 51.2 Å². The Hall–Kier alpha value is -1.06. The molecule has 1 atom stereocenters.